The highest BCUT2D eigenvalue weighted by Gasteiger charge is 2.32. The molecule has 0 unspecified atom stereocenters. The smallest absolute Gasteiger partial charge is 0.418 e. The minimum atomic E-state index is -4.61. The largest absolute Gasteiger partial charge is 0.505 e. The molecule has 7 heteroatoms. The Balaban J connectivity index is 3.15. The predicted molar refractivity (Wildman–Crippen MR) is 42.2 cm³/mol. The number of hydrogen-bond donors (Lipinski definition) is 1. The van der Waals surface area contributed by atoms with E-state index in [4.69, 9.17) is 5.11 Å². The SMILES string of the molecule is COC(=O)c1ncc(C(F)(F)F)cc1O. The van der Waals surface area contributed by atoms with Gasteiger partial charge in [-0.1, -0.05) is 0 Å². The molecule has 0 atom stereocenters. The number of hydrogen-bond acceptors (Lipinski definition) is 4. The number of ether oxygens (including phenoxy) is 1. The van der Waals surface area contributed by atoms with Crippen molar-refractivity contribution >= 4 is 5.97 Å². The molecule has 0 aromatic carbocycles. The first kappa shape index (κ1) is 11.3. The molecule has 1 N–H and O–H groups in total. The van der Waals surface area contributed by atoms with Gasteiger partial charge in [-0.25, -0.2) is 9.78 Å². The van der Waals surface area contributed by atoms with Crippen LogP contribution >= 0.6 is 0 Å². The zero-order valence-electron chi connectivity index (χ0n) is 7.50. The van der Waals surface area contributed by atoms with Crippen LogP contribution in [-0.2, 0) is 10.9 Å². The van der Waals surface area contributed by atoms with Crippen LogP contribution in [0.4, 0.5) is 13.2 Å². The number of pyridine rings is 1. The van der Waals surface area contributed by atoms with Crippen LogP contribution in [0.5, 0.6) is 5.75 Å². The molecule has 0 spiro atoms. The summed E-state index contributed by atoms with van der Waals surface area (Å²) in [6, 6.07) is 0.416. The number of rotatable bonds is 1. The van der Waals surface area contributed by atoms with Gasteiger partial charge in [-0.3, -0.25) is 0 Å². The van der Waals surface area contributed by atoms with Crippen LogP contribution in [0.15, 0.2) is 12.3 Å². The molecule has 0 fully saturated rings. The highest BCUT2D eigenvalue weighted by Crippen LogP contribution is 2.31. The highest BCUT2D eigenvalue weighted by molar-refractivity contribution is 5.90. The Kier molecular flexibility index (Phi) is 2.83. The summed E-state index contributed by atoms with van der Waals surface area (Å²) in [4.78, 5) is 14.0. The Morgan fingerprint density at radius 3 is 2.53 bits per heavy atom. The van der Waals surface area contributed by atoms with Crippen molar-refractivity contribution in [3.63, 3.8) is 0 Å². The molecule has 0 saturated carbocycles. The maximum Gasteiger partial charge on any atom is 0.418 e. The normalized spacial score (nSPS) is 11.2. The average molecular weight is 221 g/mol. The minimum absolute atomic E-state index is 0.416. The first-order valence-corrected chi connectivity index (χ1v) is 3.70. The van der Waals surface area contributed by atoms with Gasteiger partial charge >= 0.3 is 12.1 Å². The van der Waals surface area contributed by atoms with Crippen molar-refractivity contribution in [3.05, 3.63) is 23.5 Å². The standard InChI is InChI=1S/C8H6F3NO3/c1-15-7(14)6-5(13)2-4(3-12-6)8(9,10)11/h2-3,13H,1H3. The van der Waals surface area contributed by atoms with E-state index in [9.17, 15) is 18.0 Å². The van der Waals surface area contributed by atoms with Crippen molar-refractivity contribution < 1.29 is 27.8 Å². The number of esters is 1. The van der Waals surface area contributed by atoms with Crippen molar-refractivity contribution in [2.24, 2.45) is 0 Å². The van der Waals surface area contributed by atoms with Gasteiger partial charge in [0.15, 0.2) is 5.69 Å². The van der Waals surface area contributed by atoms with Crippen LogP contribution in [0.3, 0.4) is 0 Å². The predicted octanol–water partition coefficient (Wildman–Crippen LogP) is 1.59. The molecule has 0 bridgehead atoms. The second kappa shape index (κ2) is 3.76. The van der Waals surface area contributed by atoms with E-state index in [1.165, 1.54) is 0 Å². The van der Waals surface area contributed by atoms with Crippen molar-refractivity contribution in [2.45, 2.75) is 6.18 Å². The number of aromatic nitrogens is 1. The maximum absolute atomic E-state index is 12.1. The van der Waals surface area contributed by atoms with Gasteiger partial charge in [-0.05, 0) is 6.07 Å². The van der Waals surface area contributed by atoms with Crippen molar-refractivity contribution in [2.75, 3.05) is 7.11 Å². The lowest BCUT2D eigenvalue weighted by Gasteiger charge is -2.07. The van der Waals surface area contributed by atoms with Gasteiger partial charge in [0, 0.05) is 6.20 Å². The fraction of sp³-hybridized carbons (Fsp3) is 0.250. The van der Waals surface area contributed by atoms with E-state index in [2.05, 4.69) is 9.72 Å². The topological polar surface area (TPSA) is 59.4 Å². The van der Waals surface area contributed by atoms with Gasteiger partial charge in [0.05, 0.1) is 12.7 Å². The third-order valence-corrected chi connectivity index (χ3v) is 1.57. The maximum atomic E-state index is 12.1. The molecule has 0 aliphatic rings. The minimum Gasteiger partial charge on any atom is -0.505 e. The summed E-state index contributed by atoms with van der Waals surface area (Å²) in [5, 5.41) is 9.09. The van der Waals surface area contributed by atoms with E-state index < -0.39 is 29.2 Å². The van der Waals surface area contributed by atoms with Gasteiger partial charge < -0.3 is 9.84 Å². The van der Waals surface area contributed by atoms with E-state index in [1.807, 2.05) is 0 Å². The fourth-order valence-corrected chi connectivity index (χ4v) is 0.862. The van der Waals surface area contributed by atoms with Crippen LogP contribution < -0.4 is 0 Å². The molecular formula is C8H6F3NO3. The second-order valence-corrected chi connectivity index (χ2v) is 2.58. The average Bonchev–Trinajstić information content (AvgIpc) is 2.15. The number of carbonyl (C=O) groups excluding carboxylic acids is 1. The lowest BCUT2D eigenvalue weighted by molar-refractivity contribution is -0.138. The van der Waals surface area contributed by atoms with E-state index in [0.717, 1.165) is 7.11 Å². The van der Waals surface area contributed by atoms with E-state index in [1.54, 1.807) is 0 Å². The van der Waals surface area contributed by atoms with Gasteiger partial charge in [-0.15, -0.1) is 0 Å². The molecule has 1 aromatic heterocycles. The van der Waals surface area contributed by atoms with Crippen LogP contribution in [0.2, 0.25) is 0 Å². The van der Waals surface area contributed by atoms with Gasteiger partial charge in [0.2, 0.25) is 0 Å². The first-order valence-electron chi connectivity index (χ1n) is 3.70. The highest BCUT2D eigenvalue weighted by atomic mass is 19.4. The molecule has 0 radical (unpaired) electrons. The van der Waals surface area contributed by atoms with Crippen molar-refractivity contribution in [1.82, 2.24) is 4.98 Å². The summed E-state index contributed by atoms with van der Waals surface area (Å²) in [7, 11) is 1.03. The van der Waals surface area contributed by atoms with E-state index in [-0.39, 0.29) is 0 Å². The third kappa shape index (κ3) is 2.36. The zero-order chi connectivity index (χ0) is 11.6. The van der Waals surface area contributed by atoms with E-state index in [0.29, 0.717) is 12.3 Å². The summed E-state index contributed by atoms with van der Waals surface area (Å²) in [5.41, 5.74) is -1.68. The summed E-state index contributed by atoms with van der Waals surface area (Å²) < 4.78 is 40.5. The number of methoxy groups -OCH3 is 1. The molecule has 4 nitrogen and oxygen atoms in total. The van der Waals surface area contributed by atoms with Crippen molar-refractivity contribution in [3.8, 4) is 5.75 Å². The van der Waals surface area contributed by atoms with Crippen LogP contribution in [-0.4, -0.2) is 23.2 Å². The van der Waals surface area contributed by atoms with Gasteiger partial charge in [0.25, 0.3) is 0 Å². The molecule has 1 rings (SSSR count). The first-order chi connectivity index (χ1) is 6.86. The Hall–Kier alpha value is -1.79. The quantitative estimate of drug-likeness (QED) is 0.731. The van der Waals surface area contributed by atoms with Gasteiger partial charge in [0.1, 0.15) is 5.75 Å². The lowest BCUT2D eigenvalue weighted by Crippen LogP contribution is -2.09. The molecule has 0 aliphatic carbocycles. The number of alkyl halides is 3. The summed E-state index contributed by atoms with van der Waals surface area (Å²) in [6.07, 6.45) is -4.16. The summed E-state index contributed by atoms with van der Waals surface area (Å²) in [6.45, 7) is 0. The van der Waals surface area contributed by atoms with Crippen LogP contribution in [0.1, 0.15) is 16.1 Å². The Morgan fingerprint density at radius 2 is 2.13 bits per heavy atom. The molecule has 82 valence electrons. The van der Waals surface area contributed by atoms with E-state index >= 15 is 0 Å². The number of nitrogens with zero attached hydrogens (tertiary/aromatic N) is 1. The lowest BCUT2D eigenvalue weighted by atomic mass is 10.2. The molecule has 0 amide bonds. The van der Waals surface area contributed by atoms with Crippen LogP contribution in [0.25, 0.3) is 0 Å². The molecule has 1 heterocycles. The Morgan fingerprint density at radius 1 is 1.53 bits per heavy atom. The number of carbonyl (C=O) groups is 1. The molecule has 0 aliphatic heterocycles. The summed E-state index contributed by atoms with van der Waals surface area (Å²) in [5.74, 6) is -1.86. The molecular weight excluding hydrogens is 215 g/mol. The molecule has 0 saturated heterocycles. The summed E-state index contributed by atoms with van der Waals surface area (Å²) >= 11 is 0. The third-order valence-electron chi connectivity index (χ3n) is 1.57. The Labute approximate surface area is 82.3 Å². The monoisotopic (exact) mass is 221 g/mol. The number of aromatic hydroxyl groups is 1. The van der Waals surface area contributed by atoms with Crippen LogP contribution in [0, 0.1) is 0 Å². The van der Waals surface area contributed by atoms with Gasteiger partial charge in [-0.2, -0.15) is 13.2 Å². The second-order valence-electron chi connectivity index (χ2n) is 2.58. The Bertz CT molecular complexity index is 389. The molecule has 15 heavy (non-hydrogen) atoms. The molecule has 1 aromatic rings. The fourth-order valence-electron chi connectivity index (χ4n) is 0.862. The van der Waals surface area contributed by atoms with Crippen molar-refractivity contribution in [1.29, 1.82) is 0 Å². The number of halogens is 3. The zero-order valence-corrected chi connectivity index (χ0v) is 7.50.